The highest BCUT2D eigenvalue weighted by Gasteiger charge is 2.39. The lowest BCUT2D eigenvalue weighted by Crippen LogP contribution is -2.38. The number of aromatic nitrogens is 1. The number of Topliss-reactive ketones (excluding diaryl/α,β-unsaturated/α-hetero) is 1. The van der Waals surface area contributed by atoms with E-state index in [0.29, 0.717) is 11.1 Å². The number of carbonyl (C=O) groups is 1. The van der Waals surface area contributed by atoms with Gasteiger partial charge in [0.2, 0.25) is 5.78 Å². The van der Waals surface area contributed by atoms with E-state index in [1.807, 2.05) is 0 Å². The third-order valence-corrected chi connectivity index (χ3v) is 6.24. The molecule has 0 bridgehead atoms. The number of fused-ring (bicyclic) bond motifs is 1. The molecule has 28 heavy (non-hydrogen) atoms. The number of phenols is 1. The van der Waals surface area contributed by atoms with Crippen molar-refractivity contribution in [2.75, 3.05) is 0 Å². The SMILES string of the molecule is O=C1/C(=C/c2cccc(O)c2)N(Cc2cccnc2)S(=O)(=O)c2ccccc21. The normalized spacial score (nSPS) is 16.8. The van der Waals surface area contributed by atoms with Crippen LogP contribution in [0.2, 0.25) is 0 Å². The van der Waals surface area contributed by atoms with Gasteiger partial charge in [-0.05, 0) is 47.5 Å². The summed E-state index contributed by atoms with van der Waals surface area (Å²) in [5.74, 6) is -0.364. The quantitative estimate of drug-likeness (QED) is 0.692. The molecule has 0 atom stereocenters. The topological polar surface area (TPSA) is 87.6 Å². The summed E-state index contributed by atoms with van der Waals surface area (Å²) in [4.78, 5) is 17.1. The second-order valence-corrected chi connectivity index (χ2v) is 8.15. The molecule has 3 aromatic rings. The molecule has 0 amide bonds. The number of hydrogen-bond donors (Lipinski definition) is 1. The molecule has 2 aromatic carbocycles. The molecule has 7 heteroatoms. The number of aromatic hydroxyl groups is 1. The summed E-state index contributed by atoms with van der Waals surface area (Å²) in [7, 11) is -3.94. The fourth-order valence-electron chi connectivity index (χ4n) is 3.12. The number of benzene rings is 2. The molecule has 0 saturated heterocycles. The predicted octanol–water partition coefficient (Wildman–Crippen LogP) is 3.22. The van der Waals surface area contributed by atoms with Crippen molar-refractivity contribution in [1.29, 1.82) is 0 Å². The third-order valence-electron chi connectivity index (χ3n) is 4.42. The number of ketones is 1. The van der Waals surface area contributed by atoms with Gasteiger partial charge in [0.15, 0.2) is 0 Å². The third kappa shape index (κ3) is 3.16. The lowest BCUT2D eigenvalue weighted by Gasteiger charge is -2.31. The molecule has 0 unspecified atom stereocenters. The molecule has 140 valence electrons. The summed E-state index contributed by atoms with van der Waals surface area (Å²) in [6, 6.07) is 15.9. The molecular weight excluding hydrogens is 376 g/mol. The lowest BCUT2D eigenvalue weighted by molar-refractivity contribution is 0.100. The second kappa shape index (κ2) is 6.94. The number of pyridine rings is 1. The first-order valence-electron chi connectivity index (χ1n) is 8.53. The summed E-state index contributed by atoms with van der Waals surface area (Å²) in [6.45, 7) is -0.0269. The molecule has 0 fully saturated rings. The van der Waals surface area contributed by atoms with Crippen LogP contribution < -0.4 is 0 Å². The Hall–Kier alpha value is -3.45. The highest BCUT2D eigenvalue weighted by molar-refractivity contribution is 7.89. The minimum atomic E-state index is -3.94. The van der Waals surface area contributed by atoms with E-state index in [9.17, 15) is 18.3 Å². The molecular formula is C21H16N2O4S. The van der Waals surface area contributed by atoms with Crippen LogP contribution in [0.5, 0.6) is 5.75 Å². The molecule has 4 rings (SSSR count). The Morgan fingerprint density at radius 2 is 1.86 bits per heavy atom. The van der Waals surface area contributed by atoms with Crippen molar-refractivity contribution in [3.8, 4) is 5.75 Å². The van der Waals surface area contributed by atoms with Gasteiger partial charge in [0.25, 0.3) is 10.0 Å². The first-order chi connectivity index (χ1) is 13.5. The monoisotopic (exact) mass is 392 g/mol. The molecule has 1 aliphatic rings. The Kier molecular flexibility index (Phi) is 4.44. The summed E-state index contributed by atoms with van der Waals surface area (Å²) in [6.07, 6.45) is 4.64. The number of rotatable bonds is 3. The first kappa shape index (κ1) is 17.9. The molecule has 0 saturated carbocycles. The fraction of sp³-hybridized carbons (Fsp3) is 0.0476. The average molecular weight is 392 g/mol. The highest BCUT2D eigenvalue weighted by atomic mass is 32.2. The standard InChI is InChI=1S/C21H16N2O4S/c24-17-7-3-5-15(11-17)12-19-21(25)18-8-1-2-9-20(18)28(26,27)23(19)14-16-6-4-10-22-13-16/h1-13,24H,14H2/b19-12-. The molecule has 0 aliphatic carbocycles. The van der Waals surface area contributed by atoms with Crippen molar-refractivity contribution >= 4 is 21.9 Å². The Morgan fingerprint density at radius 1 is 1.04 bits per heavy atom. The van der Waals surface area contributed by atoms with Gasteiger partial charge in [-0.1, -0.05) is 30.3 Å². The van der Waals surface area contributed by atoms with Crippen molar-refractivity contribution < 1.29 is 18.3 Å². The van der Waals surface area contributed by atoms with Crippen LogP contribution in [0.3, 0.4) is 0 Å². The fourth-order valence-corrected chi connectivity index (χ4v) is 4.76. The Balaban J connectivity index is 1.91. The maximum atomic E-state index is 13.3. The van der Waals surface area contributed by atoms with Crippen molar-refractivity contribution in [2.24, 2.45) is 0 Å². The lowest BCUT2D eigenvalue weighted by atomic mass is 10.0. The molecule has 0 spiro atoms. The van der Waals surface area contributed by atoms with Crippen LogP contribution in [0.25, 0.3) is 6.08 Å². The van der Waals surface area contributed by atoms with E-state index in [-0.39, 0.29) is 28.5 Å². The zero-order valence-corrected chi connectivity index (χ0v) is 15.5. The van der Waals surface area contributed by atoms with Gasteiger partial charge in [0.05, 0.1) is 11.4 Å². The summed E-state index contributed by atoms with van der Waals surface area (Å²) in [5, 5.41) is 9.72. The number of allylic oxidation sites excluding steroid dienone is 1. The van der Waals surface area contributed by atoms with Crippen LogP contribution in [-0.4, -0.2) is 28.6 Å². The zero-order valence-electron chi connectivity index (χ0n) is 14.7. The molecule has 1 aromatic heterocycles. The maximum absolute atomic E-state index is 13.3. The van der Waals surface area contributed by atoms with E-state index in [2.05, 4.69) is 4.98 Å². The minimum absolute atomic E-state index is 0.0167. The molecule has 1 N–H and O–H groups in total. The van der Waals surface area contributed by atoms with Crippen LogP contribution in [0.1, 0.15) is 21.5 Å². The van der Waals surface area contributed by atoms with E-state index < -0.39 is 15.8 Å². The van der Waals surface area contributed by atoms with Crippen LogP contribution in [0.4, 0.5) is 0 Å². The zero-order chi connectivity index (χ0) is 19.7. The second-order valence-electron chi connectivity index (χ2n) is 6.32. The molecule has 6 nitrogen and oxygen atoms in total. The van der Waals surface area contributed by atoms with Gasteiger partial charge in [-0.15, -0.1) is 0 Å². The van der Waals surface area contributed by atoms with Crippen molar-refractivity contribution in [2.45, 2.75) is 11.4 Å². The Labute approximate surface area is 162 Å². The maximum Gasteiger partial charge on any atom is 0.265 e. The van der Waals surface area contributed by atoms with Crippen molar-refractivity contribution in [3.63, 3.8) is 0 Å². The van der Waals surface area contributed by atoms with Crippen molar-refractivity contribution in [3.05, 3.63) is 95.4 Å². The highest BCUT2D eigenvalue weighted by Crippen LogP contribution is 2.34. The molecule has 0 radical (unpaired) electrons. The largest absolute Gasteiger partial charge is 0.508 e. The van der Waals surface area contributed by atoms with Gasteiger partial charge in [0, 0.05) is 18.0 Å². The predicted molar refractivity (Wildman–Crippen MR) is 104 cm³/mol. The number of carbonyl (C=O) groups excluding carboxylic acids is 1. The van der Waals surface area contributed by atoms with E-state index in [1.54, 1.807) is 48.8 Å². The van der Waals surface area contributed by atoms with E-state index in [1.165, 1.54) is 30.3 Å². The number of sulfonamides is 1. The van der Waals surface area contributed by atoms with Crippen molar-refractivity contribution in [1.82, 2.24) is 9.29 Å². The Bertz CT molecular complexity index is 1190. The summed E-state index contributed by atoms with van der Waals surface area (Å²) < 4.78 is 27.7. The summed E-state index contributed by atoms with van der Waals surface area (Å²) >= 11 is 0. The molecule has 1 aliphatic heterocycles. The minimum Gasteiger partial charge on any atom is -0.508 e. The van der Waals surface area contributed by atoms with E-state index in [4.69, 9.17) is 0 Å². The van der Waals surface area contributed by atoms with Gasteiger partial charge < -0.3 is 5.11 Å². The number of nitrogens with zero attached hydrogens (tertiary/aromatic N) is 2. The van der Waals surface area contributed by atoms with E-state index in [0.717, 1.165) is 4.31 Å². The smallest absolute Gasteiger partial charge is 0.265 e. The van der Waals surface area contributed by atoms with Gasteiger partial charge in [-0.3, -0.25) is 14.1 Å². The van der Waals surface area contributed by atoms with Crippen LogP contribution in [-0.2, 0) is 16.6 Å². The van der Waals surface area contributed by atoms with Crippen LogP contribution >= 0.6 is 0 Å². The van der Waals surface area contributed by atoms with Crippen LogP contribution in [0, 0.1) is 0 Å². The van der Waals surface area contributed by atoms with Gasteiger partial charge in [-0.2, -0.15) is 0 Å². The van der Waals surface area contributed by atoms with Gasteiger partial charge in [-0.25, -0.2) is 8.42 Å². The summed E-state index contributed by atoms with van der Waals surface area (Å²) in [5.41, 5.74) is 1.33. The average Bonchev–Trinajstić information content (AvgIpc) is 2.70. The Morgan fingerprint density at radius 3 is 2.61 bits per heavy atom. The van der Waals surface area contributed by atoms with Crippen LogP contribution in [0.15, 0.2) is 83.6 Å². The molecule has 2 heterocycles. The number of phenolic OH excluding ortho intramolecular Hbond substituents is 1. The number of hydrogen-bond acceptors (Lipinski definition) is 5. The van der Waals surface area contributed by atoms with Gasteiger partial charge >= 0.3 is 0 Å². The van der Waals surface area contributed by atoms with E-state index >= 15 is 0 Å². The first-order valence-corrected chi connectivity index (χ1v) is 9.97. The van der Waals surface area contributed by atoms with Gasteiger partial charge in [0.1, 0.15) is 11.4 Å².